The maximum Gasteiger partial charge on any atom is 0.267 e. The van der Waals surface area contributed by atoms with E-state index in [2.05, 4.69) is 9.82 Å². The van der Waals surface area contributed by atoms with Gasteiger partial charge in [0.05, 0.1) is 12.3 Å². The Hall–Kier alpha value is -3.31. The number of nitrogens with zero attached hydrogens (tertiary/aromatic N) is 5. The van der Waals surface area contributed by atoms with Gasteiger partial charge in [-0.25, -0.2) is 27.8 Å². The van der Waals surface area contributed by atoms with Gasteiger partial charge >= 0.3 is 0 Å². The van der Waals surface area contributed by atoms with E-state index >= 15 is 0 Å². The maximum atomic E-state index is 12.3. The van der Waals surface area contributed by atoms with Crippen molar-refractivity contribution in [2.24, 2.45) is 0 Å². The van der Waals surface area contributed by atoms with Crippen molar-refractivity contribution in [3.63, 3.8) is 0 Å². The molecule has 0 unspecified atom stereocenters. The van der Waals surface area contributed by atoms with E-state index in [0.717, 1.165) is 5.56 Å². The molecule has 0 saturated carbocycles. The second kappa shape index (κ2) is 9.51. The number of piperidine rings is 1. The molecule has 10 nitrogen and oxygen atoms in total. The van der Waals surface area contributed by atoms with Crippen molar-refractivity contribution >= 4 is 21.7 Å². The van der Waals surface area contributed by atoms with Gasteiger partial charge in [-0.15, -0.1) is 0 Å². The molecule has 0 spiro atoms. The third kappa shape index (κ3) is 5.26. The van der Waals surface area contributed by atoms with Crippen molar-refractivity contribution in [3.05, 3.63) is 52.8 Å². The topological polar surface area (TPSA) is 136 Å². The normalized spacial score (nSPS) is 15.1. The second-order valence-electron chi connectivity index (χ2n) is 8.74. The summed E-state index contributed by atoms with van der Waals surface area (Å²) in [4.78, 5) is 23.9. The molecule has 180 valence electrons. The van der Waals surface area contributed by atoms with Crippen LogP contribution in [0.25, 0.3) is 22.6 Å². The van der Waals surface area contributed by atoms with E-state index in [0.29, 0.717) is 48.8 Å². The number of nitrogens with two attached hydrogens (primary N) is 1. The lowest BCUT2D eigenvalue weighted by molar-refractivity contribution is 0.460. The number of rotatable bonds is 6. The molecule has 0 atom stereocenters. The third-order valence-electron chi connectivity index (χ3n) is 5.68. The van der Waals surface area contributed by atoms with Crippen molar-refractivity contribution in [1.82, 2.24) is 24.5 Å². The average molecular weight is 484 g/mol. The van der Waals surface area contributed by atoms with Crippen LogP contribution in [0, 0.1) is 0 Å². The summed E-state index contributed by atoms with van der Waals surface area (Å²) in [5.74, 6) is 0.811. The Morgan fingerprint density at radius 2 is 1.71 bits per heavy atom. The molecular formula is C23H29N7O3S. The Balaban J connectivity index is 1.76. The summed E-state index contributed by atoms with van der Waals surface area (Å²) in [6, 6.07) is 12.5. The van der Waals surface area contributed by atoms with E-state index in [1.165, 1.54) is 17.0 Å². The molecule has 1 aliphatic heterocycles. The van der Waals surface area contributed by atoms with Crippen LogP contribution in [0.15, 0.2) is 47.3 Å². The van der Waals surface area contributed by atoms with Gasteiger partial charge in [-0.2, -0.15) is 5.10 Å². The van der Waals surface area contributed by atoms with Crippen LogP contribution in [0.4, 0.5) is 11.6 Å². The molecule has 34 heavy (non-hydrogen) atoms. The molecule has 1 aromatic carbocycles. The third-order valence-corrected chi connectivity index (χ3v) is 6.44. The summed E-state index contributed by atoms with van der Waals surface area (Å²) in [5, 5.41) is 4.56. The Bertz CT molecular complexity index is 1330. The number of sulfonamides is 1. The molecule has 3 aromatic rings. The average Bonchev–Trinajstić information content (AvgIpc) is 2.79. The molecule has 0 amide bonds. The molecule has 0 aliphatic carbocycles. The molecule has 2 aromatic heterocycles. The Morgan fingerprint density at radius 1 is 1.03 bits per heavy atom. The van der Waals surface area contributed by atoms with Gasteiger partial charge in [-0.3, -0.25) is 4.79 Å². The van der Waals surface area contributed by atoms with Crippen LogP contribution in [-0.2, 0) is 10.0 Å². The van der Waals surface area contributed by atoms with E-state index in [-0.39, 0.29) is 23.5 Å². The van der Waals surface area contributed by atoms with Gasteiger partial charge in [-0.1, -0.05) is 30.3 Å². The van der Waals surface area contributed by atoms with Gasteiger partial charge in [0.25, 0.3) is 5.56 Å². The number of hydrogen-bond donors (Lipinski definition) is 2. The predicted molar refractivity (Wildman–Crippen MR) is 133 cm³/mol. The van der Waals surface area contributed by atoms with Crippen LogP contribution in [-0.4, -0.2) is 53.6 Å². The van der Waals surface area contributed by atoms with Crippen molar-refractivity contribution in [3.8, 4) is 22.6 Å². The van der Waals surface area contributed by atoms with Crippen molar-refractivity contribution in [2.75, 3.05) is 30.0 Å². The first-order chi connectivity index (χ1) is 16.1. The van der Waals surface area contributed by atoms with Gasteiger partial charge in [0.15, 0.2) is 11.6 Å². The van der Waals surface area contributed by atoms with Gasteiger partial charge in [0.2, 0.25) is 10.0 Å². The summed E-state index contributed by atoms with van der Waals surface area (Å²) < 4.78 is 27.3. The molecular weight excluding hydrogens is 454 g/mol. The highest BCUT2D eigenvalue weighted by Gasteiger charge is 2.26. The van der Waals surface area contributed by atoms with Gasteiger partial charge in [-0.05, 0) is 32.8 Å². The lowest BCUT2D eigenvalue weighted by Crippen LogP contribution is -2.44. The number of hydrogen-bond acceptors (Lipinski definition) is 8. The molecule has 0 bridgehead atoms. The number of benzene rings is 1. The number of nitrogen functional groups attached to an aromatic ring is 1. The zero-order chi connectivity index (χ0) is 24.5. The molecule has 4 rings (SSSR count). The minimum atomic E-state index is -3.27. The van der Waals surface area contributed by atoms with Crippen LogP contribution in [0.1, 0.15) is 32.7 Å². The second-order valence-corrected chi connectivity index (χ2v) is 10.5. The first kappa shape index (κ1) is 23.8. The summed E-state index contributed by atoms with van der Waals surface area (Å²) in [6.07, 6.45) is 2.42. The fourth-order valence-electron chi connectivity index (χ4n) is 4.08. The lowest BCUT2D eigenvalue weighted by Gasteiger charge is -2.33. The van der Waals surface area contributed by atoms with E-state index in [1.807, 2.05) is 49.1 Å². The Kier molecular flexibility index (Phi) is 6.67. The quantitative estimate of drug-likeness (QED) is 0.544. The van der Waals surface area contributed by atoms with Crippen LogP contribution in [0.2, 0.25) is 0 Å². The molecule has 1 aliphatic rings. The highest BCUT2D eigenvalue weighted by atomic mass is 32.2. The monoisotopic (exact) mass is 483 g/mol. The van der Waals surface area contributed by atoms with Crippen LogP contribution in [0.3, 0.4) is 0 Å². The highest BCUT2D eigenvalue weighted by molar-refractivity contribution is 7.88. The van der Waals surface area contributed by atoms with E-state index in [9.17, 15) is 13.2 Å². The van der Waals surface area contributed by atoms with E-state index < -0.39 is 10.0 Å². The largest absolute Gasteiger partial charge is 0.381 e. The first-order valence-corrected chi connectivity index (χ1v) is 13.1. The SMILES string of the molecule is CC(C)n1nc(-c2nc(N3CCC(NS(C)(=O)=O)CC3)c(N)nc2-c2ccccc2)ccc1=O. The molecule has 3 heterocycles. The Morgan fingerprint density at radius 3 is 2.32 bits per heavy atom. The van der Waals surface area contributed by atoms with Gasteiger partial charge in [0.1, 0.15) is 17.1 Å². The molecule has 3 N–H and O–H groups in total. The zero-order valence-electron chi connectivity index (χ0n) is 19.5. The minimum absolute atomic E-state index is 0.116. The molecule has 0 radical (unpaired) electrons. The van der Waals surface area contributed by atoms with E-state index in [4.69, 9.17) is 15.7 Å². The molecule has 1 saturated heterocycles. The summed E-state index contributed by atoms with van der Waals surface area (Å²) >= 11 is 0. The Labute approximate surface area is 198 Å². The van der Waals surface area contributed by atoms with Crippen molar-refractivity contribution in [2.45, 2.75) is 38.8 Å². The standard InChI is InChI=1S/C23H29N7O3S/c1-15(2)30-19(31)10-9-18(27-30)21-20(16-7-5-4-6-8-16)25-22(24)23(26-21)29-13-11-17(12-14-29)28-34(3,32)33/h4-10,15,17,28H,11-14H2,1-3H3,(H2,24,25). The smallest absolute Gasteiger partial charge is 0.267 e. The summed E-state index contributed by atoms with van der Waals surface area (Å²) in [7, 11) is -3.27. The summed E-state index contributed by atoms with van der Waals surface area (Å²) in [5.41, 5.74) is 8.65. The number of nitrogens with one attached hydrogen (secondary N) is 1. The minimum Gasteiger partial charge on any atom is -0.381 e. The van der Waals surface area contributed by atoms with E-state index in [1.54, 1.807) is 6.07 Å². The molecule has 11 heteroatoms. The number of aromatic nitrogens is 4. The van der Waals surface area contributed by atoms with Crippen LogP contribution >= 0.6 is 0 Å². The summed E-state index contributed by atoms with van der Waals surface area (Å²) in [6.45, 7) is 4.94. The zero-order valence-corrected chi connectivity index (χ0v) is 20.3. The first-order valence-electron chi connectivity index (χ1n) is 11.2. The maximum absolute atomic E-state index is 12.3. The highest BCUT2D eigenvalue weighted by Crippen LogP contribution is 2.33. The lowest BCUT2D eigenvalue weighted by atomic mass is 10.1. The van der Waals surface area contributed by atoms with Crippen LogP contribution in [0.5, 0.6) is 0 Å². The number of anilines is 2. The fraction of sp³-hybridized carbons (Fsp3) is 0.391. The molecule has 1 fully saturated rings. The van der Waals surface area contributed by atoms with Gasteiger partial charge < -0.3 is 10.6 Å². The predicted octanol–water partition coefficient (Wildman–Crippen LogP) is 2.05. The fourth-order valence-corrected chi connectivity index (χ4v) is 4.92. The van der Waals surface area contributed by atoms with Crippen LogP contribution < -0.4 is 20.9 Å². The van der Waals surface area contributed by atoms with Crippen molar-refractivity contribution < 1.29 is 8.42 Å². The van der Waals surface area contributed by atoms with Gasteiger partial charge in [0, 0.05) is 30.8 Å². The van der Waals surface area contributed by atoms with Crippen molar-refractivity contribution in [1.29, 1.82) is 0 Å².